The highest BCUT2D eigenvalue weighted by molar-refractivity contribution is 7.92. The van der Waals surface area contributed by atoms with Crippen molar-refractivity contribution in [3.8, 4) is 0 Å². The van der Waals surface area contributed by atoms with Gasteiger partial charge in [0.2, 0.25) is 10.0 Å². The van der Waals surface area contributed by atoms with Gasteiger partial charge >= 0.3 is 11.9 Å². The molecule has 0 bridgehead atoms. The van der Waals surface area contributed by atoms with Crippen molar-refractivity contribution in [3.05, 3.63) is 0 Å². The van der Waals surface area contributed by atoms with Crippen molar-refractivity contribution in [2.75, 3.05) is 25.2 Å². The molecule has 1 saturated heterocycles. The minimum Gasteiger partial charge on any atom is -0.481 e. The highest BCUT2D eigenvalue weighted by Crippen LogP contribution is 2.22. The first-order chi connectivity index (χ1) is 9.51. The van der Waals surface area contributed by atoms with Gasteiger partial charge in [0.05, 0.1) is 25.0 Å². The third-order valence-electron chi connectivity index (χ3n) is 3.19. The molecule has 0 aliphatic carbocycles. The molecule has 0 aromatic rings. The molecule has 0 spiro atoms. The van der Waals surface area contributed by atoms with E-state index < -0.39 is 61.0 Å². The normalized spacial score (nSPS) is 24.2. The molecule has 122 valence electrons. The van der Waals surface area contributed by atoms with Crippen LogP contribution in [0.1, 0.15) is 13.3 Å². The van der Waals surface area contributed by atoms with Crippen molar-refractivity contribution in [3.63, 3.8) is 0 Å². The zero-order valence-electron chi connectivity index (χ0n) is 11.6. The van der Waals surface area contributed by atoms with Gasteiger partial charge in [-0.15, -0.1) is 0 Å². The maximum absolute atomic E-state index is 12.3. The quantitative estimate of drug-likeness (QED) is 0.593. The van der Waals surface area contributed by atoms with Crippen LogP contribution < -0.4 is 0 Å². The summed E-state index contributed by atoms with van der Waals surface area (Å²) in [5.74, 6) is -3.29. The highest BCUT2D eigenvalue weighted by Gasteiger charge is 2.43. The van der Waals surface area contributed by atoms with E-state index in [0.29, 0.717) is 0 Å². The number of hydrogen-bond acceptors (Lipinski definition) is 7. The second kappa shape index (κ2) is 6.28. The van der Waals surface area contributed by atoms with Crippen LogP contribution in [0.15, 0.2) is 0 Å². The Morgan fingerprint density at radius 1 is 1.43 bits per heavy atom. The molecule has 1 N–H and O–H groups in total. The summed E-state index contributed by atoms with van der Waals surface area (Å²) in [7, 11) is -6.66. The predicted octanol–water partition coefficient (Wildman–Crippen LogP) is -1.55. The standard InChI is InChI=1S/C10H17NO8S2/c1-7(10(14)19-2)21(17,18)11-3-4-20(15,16)6-8(11)5-9(12)13/h7-8H,3-6H2,1-2H3,(H,12,13). The van der Waals surface area contributed by atoms with E-state index >= 15 is 0 Å². The Balaban J connectivity index is 3.12. The van der Waals surface area contributed by atoms with E-state index in [1.807, 2.05) is 0 Å². The number of aliphatic carboxylic acids is 1. The van der Waals surface area contributed by atoms with Gasteiger partial charge in [-0.1, -0.05) is 0 Å². The number of methoxy groups -OCH3 is 1. The molecule has 0 radical (unpaired) electrons. The molecule has 0 amide bonds. The molecule has 1 heterocycles. The summed E-state index contributed by atoms with van der Waals surface area (Å²) in [5, 5.41) is 7.28. The molecule has 0 saturated carbocycles. The van der Waals surface area contributed by atoms with Crippen LogP contribution in [0.25, 0.3) is 0 Å². The number of sulfone groups is 1. The lowest BCUT2D eigenvalue weighted by Gasteiger charge is -2.34. The molecule has 0 aromatic carbocycles. The second-order valence-electron chi connectivity index (χ2n) is 4.69. The Morgan fingerprint density at radius 3 is 2.48 bits per heavy atom. The van der Waals surface area contributed by atoms with Crippen LogP contribution in [0.2, 0.25) is 0 Å². The number of carbonyl (C=O) groups excluding carboxylic acids is 1. The SMILES string of the molecule is COC(=O)C(C)S(=O)(=O)N1CCS(=O)(=O)CC1CC(=O)O. The maximum atomic E-state index is 12.3. The van der Waals surface area contributed by atoms with Gasteiger partial charge in [-0.3, -0.25) is 9.59 Å². The molecule has 2 atom stereocenters. The molecule has 1 aliphatic heterocycles. The van der Waals surface area contributed by atoms with Crippen LogP contribution in [0.5, 0.6) is 0 Å². The first kappa shape index (κ1) is 17.9. The molecule has 1 rings (SSSR count). The summed E-state index contributed by atoms with van der Waals surface area (Å²) < 4.78 is 52.9. The third-order valence-corrected chi connectivity index (χ3v) is 7.11. The highest BCUT2D eigenvalue weighted by atomic mass is 32.2. The van der Waals surface area contributed by atoms with Gasteiger partial charge in [0, 0.05) is 12.6 Å². The molecule has 2 unspecified atom stereocenters. The average Bonchev–Trinajstić information content (AvgIpc) is 2.34. The number of carboxylic acids is 1. The number of carbonyl (C=O) groups is 2. The van der Waals surface area contributed by atoms with Gasteiger partial charge in [0.15, 0.2) is 15.1 Å². The van der Waals surface area contributed by atoms with Crippen LogP contribution in [0.4, 0.5) is 0 Å². The Kier molecular flexibility index (Phi) is 5.34. The van der Waals surface area contributed by atoms with Crippen molar-refractivity contribution in [2.24, 2.45) is 0 Å². The van der Waals surface area contributed by atoms with Gasteiger partial charge in [-0.2, -0.15) is 4.31 Å². The number of sulfonamides is 1. The Morgan fingerprint density at radius 2 is 2.00 bits per heavy atom. The molecule has 1 aliphatic rings. The van der Waals surface area contributed by atoms with Crippen LogP contribution in [0.3, 0.4) is 0 Å². The molecule has 11 heteroatoms. The summed E-state index contributed by atoms with van der Waals surface area (Å²) >= 11 is 0. The smallest absolute Gasteiger partial charge is 0.325 e. The Hall–Kier alpha value is -1.20. The van der Waals surface area contributed by atoms with Crippen molar-refractivity contribution >= 4 is 31.8 Å². The number of nitrogens with zero attached hydrogens (tertiary/aromatic N) is 1. The zero-order chi connectivity index (χ0) is 16.4. The van der Waals surface area contributed by atoms with Crippen molar-refractivity contribution in [2.45, 2.75) is 24.6 Å². The van der Waals surface area contributed by atoms with Crippen molar-refractivity contribution in [1.82, 2.24) is 4.31 Å². The van der Waals surface area contributed by atoms with Gasteiger partial charge in [-0.25, -0.2) is 16.8 Å². The van der Waals surface area contributed by atoms with Gasteiger partial charge in [-0.05, 0) is 6.92 Å². The molecule has 9 nitrogen and oxygen atoms in total. The summed E-state index contributed by atoms with van der Waals surface area (Å²) in [4.78, 5) is 22.2. The third kappa shape index (κ3) is 4.14. The summed E-state index contributed by atoms with van der Waals surface area (Å²) in [5.41, 5.74) is 0. The minimum atomic E-state index is -4.19. The van der Waals surface area contributed by atoms with Crippen LogP contribution >= 0.6 is 0 Å². The van der Waals surface area contributed by atoms with E-state index in [1.165, 1.54) is 0 Å². The zero-order valence-corrected chi connectivity index (χ0v) is 13.2. The van der Waals surface area contributed by atoms with Gasteiger partial charge < -0.3 is 9.84 Å². The lowest BCUT2D eigenvalue weighted by atomic mass is 10.2. The Labute approximate surface area is 122 Å². The van der Waals surface area contributed by atoms with E-state index in [1.54, 1.807) is 0 Å². The fourth-order valence-corrected chi connectivity index (χ4v) is 5.45. The number of hydrogen-bond donors (Lipinski definition) is 1. The topological polar surface area (TPSA) is 135 Å². The fourth-order valence-electron chi connectivity index (χ4n) is 2.06. The predicted molar refractivity (Wildman–Crippen MR) is 71.8 cm³/mol. The average molecular weight is 343 g/mol. The van der Waals surface area contributed by atoms with Crippen LogP contribution in [0, 0.1) is 0 Å². The lowest BCUT2D eigenvalue weighted by Crippen LogP contribution is -2.55. The Bertz CT molecular complexity index is 623. The lowest BCUT2D eigenvalue weighted by molar-refractivity contribution is -0.140. The maximum Gasteiger partial charge on any atom is 0.325 e. The van der Waals surface area contributed by atoms with E-state index in [4.69, 9.17) is 5.11 Å². The first-order valence-corrected chi connectivity index (χ1v) is 9.34. The second-order valence-corrected chi connectivity index (χ2v) is 9.12. The summed E-state index contributed by atoms with van der Waals surface area (Å²) in [6.07, 6.45) is -0.646. The first-order valence-electron chi connectivity index (χ1n) is 6.02. The molecule has 0 aromatic heterocycles. The van der Waals surface area contributed by atoms with Crippen LogP contribution in [-0.4, -0.2) is 74.6 Å². The number of ether oxygens (including phenoxy) is 1. The van der Waals surface area contributed by atoms with Gasteiger partial charge in [0.1, 0.15) is 0 Å². The largest absolute Gasteiger partial charge is 0.481 e. The molecule has 1 fully saturated rings. The molecular weight excluding hydrogens is 326 g/mol. The number of rotatable bonds is 5. The summed E-state index contributed by atoms with van der Waals surface area (Å²) in [6, 6.07) is -1.22. The van der Waals surface area contributed by atoms with Crippen molar-refractivity contribution < 1.29 is 36.3 Å². The monoisotopic (exact) mass is 343 g/mol. The van der Waals surface area contributed by atoms with E-state index in [0.717, 1.165) is 18.3 Å². The van der Waals surface area contributed by atoms with Gasteiger partial charge in [0.25, 0.3) is 0 Å². The van der Waals surface area contributed by atoms with E-state index in [-0.39, 0.29) is 6.54 Å². The van der Waals surface area contributed by atoms with E-state index in [9.17, 15) is 26.4 Å². The number of carboxylic acid groups (broad SMARTS) is 1. The molecule has 21 heavy (non-hydrogen) atoms. The summed E-state index contributed by atoms with van der Waals surface area (Å²) in [6.45, 7) is 0.742. The number of esters is 1. The van der Waals surface area contributed by atoms with Crippen LogP contribution in [-0.2, 0) is 34.2 Å². The van der Waals surface area contributed by atoms with Crippen molar-refractivity contribution in [1.29, 1.82) is 0 Å². The van der Waals surface area contributed by atoms with E-state index in [2.05, 4.69) is 4.74 Å². The fraction of sp³-hybridized carbons (Fsp3) is 0.800. The molecular formula is C10H17NO8S2. The minimum absolute atomic E-state index is 0.371.